The van der Waals surface area contributed by atoms with Gasteiger partial charge in [-0.25, -0.2) is 9.78 Å². The highest BCUT2D eigenvalue weighted by atomic mass is 33.1. The molecule has 2 aromatic rings. The number of benzene rings is 1. The minimum atomic E-state index is -1.72. The normalized spacial score (nSPS) is 25.1. The van der Waals surface area contributed by atoms with E-state index < -0.39 is 198 Å². The first kappa shape index (κ1) is 77.8. The molecule has 0 radical (unpaired) electrons. The van der Waals surface area contributed by atoms with Crippen molar-refractivity contribution in [2.45, 2.75) is 152 Å². The van der Waals surface area contributed by atoms with Crippen LogP contribution in [-0.2, 0) is 80.0 Å². The zero-order valence-electron chi connectivity index (χ0n) is 52.7. The van der Waals surface area contributed by atoms with E-state index in [1.807, 2.05) is 0 Å². The van der Waals surface area contributed by atoms with Crippen molar-refractivity contribution >= 4 is 126 Å². The van der Waals surface area contributed by atoms with Crippen LogP contribution in [0.3, 0.4) is 0 Å². The number of unbranched alkanes of at least 4 members (excludes halogenated alkanes) is 1. The lowest BCUT2D eigenvalue weighted by Gasteiger charge is -2.31. The number of carbonyl (C=O) groups excluding carboxylic acids is 13. The Hall–Kier alpha value is -7.91. The van der Waals surface area contributed by atoms with Crippen molar-refractivity contribution in [2.75, 3.05) is 49.2 Å². The first-order valence-corrected chi connectivity index (χ1v) is 35.5. The third-order valence-corrected chi connectivity index (χ3v) is 19.8. The molecule has 21 N–H and O–H groups in total. The van der Waals surface area contributed by atoms with Crippen molar-refractivity contribution in [3.63, 3.8) is 0 Å². The number of hydrogen-bond donors (Lipinski definition) is 18. The highest BCUT2D eigenvalue weighted by Gasteiger charge is 2.45. The van der Waals surface area contributed by atoms with Gasteiger partial charge in [-0.3, -0.25) is 62.3 Å². The molecule has 4 heterocycles. The minimum absolute atomic E-state index is 0.00918. The van der Waals surface area contributed by atoms with Crippen LogP contribution in [0.4, 0.5) is 0 Å². The number of aliphatic hydroxyl groups excluding tert-OH is 1. The number of carboxylic acids is 1. The number of nitrogens with one attached hydrogen (secondary N) is 12. The first-order chi connectivity index (χ1) is 45.0. The summed E-state index contributed by atoms with van der Waals surface area (Å²) in [6, 6.07) is -11.2. The molecule has 5 rings (SSSR count). The predicted molar refractivity (Wildman–Crippen MR) is 350 cm³/mol. The topological polar surface area (TPSA) is 542 Å². The number of H-pyrrole nitrogens is 1. The molecule has 0 saturated carbocycles. The number of aromatic hydroxyl groups is 1. The molecule has 2 bridgehead atoms. The number of carbonyl (C=O) groups is 14. The van der Waals surface area contributed by atoms with Crippen LogP contribution in [-0.4, -0.2) is 235 Å². The molecule has 12 atom stereocenters. The van der Waals surface area contributed by atoms with Gasteiger partial charge in [-0.2, -0.15) is 0 Å². The molecule has 34 nitrogen and oxygen atoms in total. The van der Waals surface area contributed by atoms with E-state index in [4.69, 9.17) is 17.2 Å². The SMILES string of the molecule is CC(C)C[C@@H]1NC(=O)[C@H](CCCCN)NC(=O)[C@H](Cc2ccc(O)cc2)NC(=O)CNC(=O)[C@@H]2CSSC[C@H](NC1=O)C(=O)N[C@@H](Cc1cnc[nH]1)C(=O)N1CC[C@H](O)[C@H]1C(=O)N[C@H](C(=O)O)CSSC[C@H](NC(=O)[C@@H](NC(=O)CNC(=O)[C@@H](N)CC(N)=O)C(C)C)C(=O)N2. The Kier molecular flexibility index (Phi) is 31.6. The molecule has 0 aliphatic carbocycles. The van der Waals surface area contributed by atoms with Gasteiger partial charge in [0.25, 0.3) is 0 Å². The summed E-state index contributed by atoms with van der Waals surface area (Å²) in [6.45, 7) is 5.02. The van der Waals surface area contributed by atoms with Gasteiger partial charge in [0.15, 0.2) is 0 Å². The zero-order valence-corrected chi connectivity index (χ0v) is 55.9. The molecule has 524 valence electrons. The summed E-state index contributed by atoms with van der Waals surface area (Å²) in [4.78, 5) is 203. The highest BCUT2D eigenvalue weighted by molar-refractivity contribution is 8.77. The fourth-order valence-electron chi connectivity index (χ4n) is 9.87. The molecule has 3 fully saturated rings. The quantitative estimate of drug-likeness (QED) is 0.0434. The summed E-state index contributed by atoms with van der Waals surface area (Å²) in [5, 5.41) is 59.8. The lowest BCUT2D eigenvalue weighted by Crippen LogP contribution is -2.61. The number of phenols is 1. The highest BCUT2D eigenvalue weighted by Crippen LogP contribution is 2.27. The fraction of sp³-hybridized carbons (Fsp3) is 0.596. The molecule has 3 saturated heterocycles. The molecular formula is C57H85N17O17S4. The van der Waals surface area contributed by atoms with E-state index >= 15 is 0 Å². The maximum absolute atomic E-state index is 14.9. The van der Waals surface area contributed by atoms with Crippen LogP contribution in [0.15, 0.2) is 36.8 Å². The van der Waals surface area contributed by atoms with Crippen molar-refractivity contribution in [2.24, 2.45) is 29.0 Å². The summed E-state index contributed by atoms with van der Waals surface area (Å²) in [5.41, 5.74) is 17.4. The number of fused-ring (bicyclic) bond motifs is 6. The Morgan fingerprint density at radius 3 is 1.97 bits per heavy atom. The Labute approximate surface area is 562 Å². The summed E-state index contributed by atoms with van der Waals surface area (Å²) in [5.74, 6) is -16.5. The number of aliphatic hydroxyl groups is 1. The molecule has 1 aromatic heterocycles. The van der Waals surface area contributed by atoms with Crippen molar-refractivity contribution in [3.05, 3.63) is 48.0 Å². The number of aromatic amines is 1. The number of nitrogens with two attached hydrogens (primary N) is 3. The second-order valence-electron chi connectivity index (χ2n) is 23.4. The fourth-order valence-corrected chi connectivity index (χ4v) is 14.5. The van der Waals surface area contributed by atoms with E-state index in [1.165, 1.54) is 36.8 Å². The van der Waals surface area contributed by atoms with Gasteiger partial charge < -0.3 is 101 Å². The number of hydrogen-bond acceptors (Lipinski definition) is 23. The number of nitrogens with zero attached hydrogens (tertiary/aromatic N) is 2. The van der Waals surface area contributed by atoms with Crippen LogP contribution in [0.2, 0.25) is 0 Å². The van der Waals surface area contributed by atoms with Gasteiger partial charge in [-0.05, 0) is 68.2 Å². The van der Waals surface area contributed by atoms with Gasteiger partial charge in [-0.1, -0.05) is 83.0 Å². The molecule has 3 aliphatic heterocycles. The standard InChI is InChI=1S/C57H85N17O17S4/c1-27(2)15-34-50(83)70-38-23-93-92-22-37(48(81)63-20-43(78)65-35(16-29-8-10-31(75)11-9-29)51(84)66-33(49(82)67-34)7-5-6-13-58)69-53(86)39(71-54(87)45(28(3)4)73-44(79)21-62-47(80)32(59)18-42(60)77)24-94-95-25-40(57(90)91)72-55(88)46-41(76)12-14-74(46)56(89)36(68-52(38)85)17-30-19-61-26-64-30/h8-11,19,26-28,32-41,45-46,75-76H,5-7,12-18,20-25,58-59H2,1-4H3,(H2,60,77)(H,61,64)(H,62,80)(H,63,81)(H,65,78)(H,66,84)(H,67,82)(H,68,85)(H,69,86)(H,70,83)(H,71,87)(H,72,88)(H,73,79)(H,90,91)/t32-,33-,34-,35-,36-,37-,38-,39-,40-,41-,45-,46-/m0/s1. The second-order valence-corrected chi connectivity index (χ2v) is 28.5. The van der Waals surface area contributed by atoms with Gasteiger partial charge in [0, 0.05) is 54.3 Å². The molecule has 3 aliphatic rings. The van der Waals surface area contributed by atoms with Gasteiger partial charge in [0.2, 0.25) is 76.8 Å². The van der Waals surface area contributed by atoms with Crippen LogP contribution < -0.4 is 75.7 Å². The molecular weight excluding hydrogens is 1320 g/mol. The number of rotatable bonds is 20. The number of amides is 13. The van der Waals surface area contributed by atoms with Crippen LogP contribution >= 0.6 is 43.2 Å². The molecule has 0 unspecified atom stereocenters. The van der Waals surface area contributed by atoms with E-state index in [-0.39, 0.29) is 62.6 Å². The predicted octanol–water partition coefficient (Wildman–Crippen LogP) is -5.63. The maximum atomic E-state index is 14.9. The average molecular weight is 1410 g/mol. The van der Waals surface area contributed by atoms with Crippen molar-refractivity contribution < 1.29 is 82.4 Å². The Balaban J connectivity index is 1.62. The van der Waals surface area contributed by atoms with Crippen LogP contribution in [0.1, 0.15) is 77.5 Å². The van der Waals surface area contributed by atoms with E-state index in [9.17, 15) is 82.4 Å². The maximum Gasteiger partial charge on any atom is 0.327 e. The molecule has 1 aromatic carbocycles. The van der Waals surface area contributed by atoms with Crippen LogP contribution in [0.25, 0.3) is 0 Å². The molecule has 0 spiro atoms. The van der Waals surface area contributed by atoms with E-state index in [1.54, 1.807) is 27.7 Å². The van der Waals surface area contributed by atoms with Gasteiger partial charge in [0.1, 0.15) is 66.2 Å². The minimum Gasteiger partial charge on any atom is -0.508 e. The van der Waals surface area contributed by atoms with E-state index in [0.29, 0.717) is 24.1 Å². The van der Waals surface area contributed by atoms with Crippen molar-refractivity contribution in [1.82, 2.24) is 73.4 Å². The van der Waals surface area contributed by atoms with E-state index in [2.05, 4.69) is 68.5 Å². The Morgan fingerprint density at radius 1 is 0.716 bits per heavy atom. The lowest BCUT2D eigenvalue weighted by atomic mass is 10.0. The molecule has 38 heteroatoms. The molecule has 13 amide bonds. The Bertz CT molecular complexity index is 3040. The third kappa shape index (κ3) is 25.3. The first-order valence-electron chi connectivity index (χ1n) is 30.5. The summed E-state index contributed by atoms with van der Waals surface area (Å²) in [6.07, 6.45) is 0.615. The Morgan fingerprint density at radius 2 is 1.34 bits per heavy atom. The summed E-state index contributed by atoms with van der Waals surface area (Å²) in [7, 11) is 3.41. The van der Waals surface area contributed by atoms with Crippen molar-refractivity contribution in [1.29, 1.82) is 0 Å². The lowest BCUT2D eigenvalue weighted by molar-refractivity contribution is -0.146. The van der Waals surface area contributed by atoms with Gasteiger partial charge in [-0.15, -0.1) is 0 Å². The third-order valence-electron chi connectivity index (χ3n) is 14.9. The number of carboxylic acid groups (broad SMARTS) is 1. The second kappa shape index (κ2) is 38.6. The monoisotopic (exact) mass is 1410 g/mol. The number of imidazole rings is 1. The van der Waals surface area contributed by atoms with Crippen LogP contribution in [0.5, 0.6) is 5.75 Å². The number of aliphatic carboxylic acids is 1. The molecule has 95 heavy (non-hydrogen) atoms. The number of phenolic OH excluding ortho intramolecular Hbond substituents is 1. The number of primary amides is 1. The number of aromatic nitrogens is 2. The van der Waals surface area contributed by atoms with E-state index in [0.717, 1.165) is 48.1 Å². The summed E-state index contributed by atoms with van der Waals surface area (Å²) < 4.78 is 0. The van der Waals surface area contributed by atoms with Crippen molar-refractivity contribution in [3.8, 4) is 5.75 Å². The van der Waals surface area contributed by atoms with Gasteiger partial charge >= 0.3 is 5.97 Å². The zero-order chi connectivity index (χ0) is 70.1. The smallest absolute Gasteiger partial charge is 0.327 e. The van der Waals surface area contributed by atoms with Crippen LogP contribution in [0, 0.1) is 11.8 Å². The largest absolute Gasteiger partial charge is 0.508 e. The summed E-state index contributed by atoms with van der Waals surface area (Å²) >= 11 is 0. The van der Waals surface area contributed by atoms with Gasteiger partial charge in [0.05, 0.1) is 38.0 Å². The average Bonchev–Trinajstić information content (AvgIpc) is 1.70.